The highest BCUT2D eigenvalue weighted by atomic mass is 35.5. The zero-order valence-corrected chi connectivity index (χ0v) is 13.4. The topological polar surface area (TPSA) is 23.6 Å². The number of piperazine rings is 1. The molecular weight excluding hydrogens is 296 g/mol. The lowest BCUT2D eigenvalue weighted by Gasteiger charge is -2.37. The molecule has 0 aliphatic carbocycles. The van der Waals surface area contributed by atoms with Gasteiger partial charge in [0.1, 0.15) is 0 Å². The molecule has 3 rings (SSSR count). The third-order valence-corrected chi connectivity index (χ3v) is 4.46. The van der Waals surface area contributed by atoms with Crippen molar-refractivity contribution in [3.05, 3.63) is 64.7 Å². The van der Waals surface area contributed by atoms with E-state index in [1.807, 2.05) is 17.0 Å². The standard InChI is InChI=1S/C18H19ClN2O/c1-14-6-2-5-9-17(14)20-10-12-21(13-11-20)18(22)15-7-3-4-8-16(15)19/h2-9H,10-13H2,1H3. The molecule has 3 nitrogen and oxygen atoms in total. The fourth-order valence-electron chi connectivity index (χ4n) is 2.87. The molecule has 1 heterocycles. The second kappa shape index (κ2) is 6.41. The fraction of sp³-hybridized carbons (Fsp3) is 0.278. The Morgan fingerprint density at radius 1 is 0.955 bits per heavy atom. The Hall–Kier alpha value is -2.00. The third-order valence-electron chi connectivity index (χ3n) is 4.13. The fourth-order valence-corrected chi connectivity index (χ4v) is 3.09. The van der Waals surface area contributed by atoms with Crippen molar-refractivity contribution in [3.8, 4) is 0 Å². The number of para-hydroxylation sites is 1. The molecule has 0 N–H and O–H groups in total. The molecule has 1 aliphatic heterocycles. The summed E-state index contributed by atoms with van der Waals surface area (Å²) < 4.78 is 0. The number of halogens is 1. The molecule has 2 aromatic rings. The lowest BCUT2D eigenvalue weighted by molar-refractivity contribution is 0.0747. The second-order valence-corrected chi connectivity index (χ2v) is 5.95. The molecule has 0 saturated carbocycles. The van der Waals surface area contributed by atoms with E-state index in [1.165, 1.54) is 11.3 Å². The maximum absolute atomic E-state index is 12.6. The second-order valence-electron chi connectivity index (χ2n) is 5.55. The number of anilines is 1. The molecule has 1 aliphatic rings. The average molecular weight is 315 g/mol. The summed E-state index contributed by atoms with van der Waals surface area (Å²) in [6.45, 7) is 5.26. The van der Waals surface area contributed by atoms with Gasteiger partial charge in [0, 0.05) is 31.9 Å². The molecule has 114 valence electrons. The number of nitrogens with zero attached hydrogens (tertiary/aromatic N) is 2. The van der Waals surface area contributed by atoms with Gasteiger partial charge in [-0.15, -0.1) is 0 Å². The van der Waals surface area contributed by atoms with Crippen molar-refractivity contribution in [1.82, 2.24) is 4.90 Å². The minimum Gasteiger partial charge on any atom is -0.368 e. The van der Waals surface area contributed by atoms with Crippen molar-refractivity contribution in [1.29, 1.82) is 0 Å². The number of carbonyl (C=O) groups is 1. The smallest absolute Gasteiger partial charge is 0.255 e. The van der Waals surface area contributed by atoms with Gasteiger partial charge in [0.2, 0.25) is 0 Å². The molecule has 0 aromatic heterocycles. The van der Waals surface area contributed by atoms with Gasteiger partial charge in [-0.05, 0) is 30.7 Å². The van der Waals surface area contributed by atoms with Crippen LogP contribution in [-0.4, -0.2) is 37.0 Å². The van der Waals surface area contributed by atoms with Crippen molar-refractivity contribution in [2.24, 2.45) is 0 Å². The molecular formula is C18H19ClN2O. The van der Waals surface area contributed by atoms with E-state index in [0.717, 1.165) is 26.2 Å². The van der Waals surface area contributed by atoms with Gasteiger partial charge < -0.3 is 9.80 Å². The molecule has 0 spiro atoms. The summed E-state index contributed by atoms with van der Waals surface area (Å²) >= 11 is 6.13. The Kier molecular flexibility index (Phi) is 4.34. The predicted molar refractivity (Wildman–Crippen MR) is 90.7 cm³/mol. The van der Waals surface area contributed by atoms with Crippen LogP contribution in [0.2, 0.25) is 5.02 Å². The maximum atomic E-state index is 12.6. The Morgan fingerprint density at radius 2 is 1.59 bits per heavy atom. The van der Waals surface area contributed by atoms with Crippen LogP contribution in [-0.2, 0) is 0 Å². The van der Waals surface area contributed by atoms with E-state index in [1.54, 1.807) is 12.1 Å². The number of amides is 1. The van der Waals surface area contributed by atoms with Gasteiger partial charge in [0.25, 0.3) is 5.91 Å². The van der Waals surface area contributed by atoms with Crippen molar-refractivity contribution >= 4 is 23.2 Å². The molecule has 4 heteroatoms. The number of hydrogen-bond donors (Lipinski definition) is 0. The summed E-state index contributed by atoms with van der Waals surface area (Å²) in [5.74, 6) is 0.0232. The van der Waals surface area contributed by atoms with Gasteiger partial charge in [-0.2, -0.15) is 0 Å². The highest BCUT2D eigenvalue weighted by Gasteiger charge is 2.23. The zero-order chi connectivity index (χ0) is 15.5. The molecule has 0 atom stereocenters. The summed E-state index contributed by atoms with van der Waals surface area (Å²) in [5.41, 5.74) is 3.12. The SMILES string of the molecule is Cc1ccccc1N1CCN(C(=O)c2ccccc2Cl)CC1. The van der Waals surface area contributed by atoms with E-state index >= 15 is 0 Å². The van der Waals surface area contributed by atoms with E-state index < -0.39 is 0 Å². The highest BCUT2D eigenvalue weighted by Crippen LogP contribution is 2.22. The number of benzene rings is 2. The van der Waals surface area contributed by atoms with E-state index in [0.29, 0.717) is 10.6 Å². The maximum Gasteiger partial charge on any atom is 0.255 e. The lowest BCUT2D eigenvalue weighted by atomic mass is 10.1. The van der Waals surface area contributed by atoms with Gasteiger partial charge in [0.15, 0.2) is 0 Å². The van der Waals surface area contributed by atoms with Crippen LogP contribution in [0.5, 0.6) is 0 Å². The van der Waals surface area contributed by atoms with Gasteiger partial charge >= 0.3 is 0 Å². The summed E-state index contributed by atoms with van der Waals surface area (Å²) in [6.07, 6.45) is 0. The lowest BCUT2D eigenvalue weighted by Crippen LogP contribution is -2.49. The molecule has 2 aromatic carbocycles. The summed E-state index contributed by atoms with van der Waals surface area (Å²) in [6, 6.07) is 15.6. The predicted octanol–water partition coefficient (Wildman–Crippen LogP) is 3.61. The van der Waals surface area contributed by atoms with Crippen molar-refractivity contribution in [2.75, 3.05) is 31.1 Å². The Labute approximate surface area is 136 Å². The van der Waals surface area contributed by atoms with Crippen LogP contribution in [0.15, 0.2) is 48.5 Å². The van der Waals surface area contributed by atoms with Gasteiger partial charge in [-0.1, -0.05) is 41.9 Å². The van der Waals surface area contributed by atoms with Crippen LogP contribution in [0.3, 0.4) is 0 Å². The van der Waals surface area contributed by atoms with Gasteiger partial charge in [-0.25, -0.2) is 0 Å². The molecule has 1 fully saturated rings. The first-order chi connectivity index (χ1) is 10.7. The van der Waals surface area contributed by atoms with Crippen molar-refractivity contribution < 1.29 is 4.79 Å². The quantitative estimate of drug-likeness (QED) is 0.845. The number of hydrogen-bond acceptors (Lipinski definition) is 2. The van der Waals surface area contributed by atoms with Crippen LogP contribution in [0.25, 0.3) is 0 Å². The molecule has 0 bridgehead atoms. The third kappa shape index (κ3) is 2.95. The largest absolute Gasteiger partial charge is 0.368 e. The molecule has 22 heavy (non-hydrogen) atoms. The normalized spacial score (nSPS) is 15.0. The minimum absolute atomic E-state index is 0.0232. The summed E-state index contributed by atoms with van der Waals surface area (Å²) in [7, 11) is 0. The zero-order valence-electron chi connectivity index (χ0n) is 12.6. The van der Waals surface area contributed by atoms with Gasteiger partial charge in [-0.3, -0.25) is 4.79 Å². The first kappa shape index (κ1) is 14.9. The molecule has 0 radical (unpaired) electrons. The van der Waals surface area contributed by atoms with E-state index in [2.05, 4.69) is 36.1 Å². The Balaban J connectivity index is 1.68. The average Bonchev–Trinajstić information content (AvgIpc) is 2.55. The van der Waals surface area contributed by atoms with Crippen LogP contribution in [0.4, 0.5) is 5.69 Å². The van der Waals surface area contributed by atoms with Gasteiger partial charge in [0.05, 0.1) is 10.6 Å². The molecule has 0 unspecified atom stereocenters. The molecule has 1 amide bonds. The number of aryl methyl sites for hydroxylation is 1. The Bertz CT molecular complexity index is 678. The monoisotopic (exact) mass is 314 g/mol. The van der Waals surface area contributed by atoms with Crippen LogP contribution >= 0.6 is 11.6 Å². The number of rotatable bonds is 2. The van der Waals surface area contributed by atoms with E-state index in [4.69, 9.17) is 11.6 Å². The highest BCUT2D eigenvalue weighted by molar-refractivity contribution is 6.33. The van der Waals surface area contributed by atoms with Crippen molar-refractivity contribution in [2.45, 2.75) is 6.92 Å². The molecule has 1 saturated heterocycles. The van der Waals surface area contributed by atoms with Crippen LogP contribution in [0, 0.1) is 6.92 Å². The van der Waals surface area contributed by atoms with Crippen LogP contribution in [0.1, 0.15) is 15.9 Å². The number of carbonyl (C=O) groups excluding carboxylic acids is 1. The Morgan fingerprint density at radius 3 is 2.27 bits per heavy atom. The summed E-state index contributed by atoms with van der Waals surface area (Å²) in [4.78, 5) is 16.8. The van der Waals surface area contributed by atoms with Crippen molar-refractivity contribution in [3.63, 3.8) is 0 Å². The van der Waals surface area contributed by atoms with E-state index in [9.17, 15) is 4.79 Å². The van der Waals surface area contributed by atoms with Crippen LogP contribution < -0.4 is 4.90 Å². The van der Waals surface area contributed by atoms with E-state index in [-0.39, 0.29) is 5.91 Å². The summed E-state index contributed by atoms with van der Waals surface area (Å²) in [5, 5.41) is 0.522. The minimum atomic E-state index is 0.0232. The first-order valence-corrected chi connectivity index (χ1v) is 7.89. The first-order valence-electron chi connectivity index (χ1n) is 7.51.